The van der Waals surface area contributed by atoms with E-state index in [2.05, 4.69) is 17.6 Å². The molecule has 2 atom stereocenters. The first-order valence-electron chi connectivity index (χ1n) is 10.5. The van der Waals surface area contributed by atoms with Crippen LogP contribution in [0.25, 0.3) is 0 Å². The monoisotopic (exact) mass is 403 g/mol. The molecule has 160 valence electrons. The molecule has 2 rings (SSSR count). The normalized spacial score (nSPS) is 17.4. The third-order valence-electron chi connectivity index (χ3n) is 5.26. The van der Waals surface area contributed by atoms with Crippen LogP contribution in [0.3, 0.4) is 0 Å². The number of nitrogens with one attached hydrogen (secondary N) is 2. The van der Waals surface area contributed by atoms with E-state index in [1.165, 1.54) is 0 Å². The van der Waals surface area contributed by atoms with Crippen LogP contribution < -0.4 is 10.6 Å². The summed E-state index contributed by atoms with van der Waals surface area (Å²) in [7, 11) is 1.56. The Labute approximate surface area is 173 Å². The van der Waals surface area contributed by atoms with Gasteiger partial charge in [-0.1, -0.05) is 56.5 Å². The first-order valence-corrected chi connectivity index (χ1v) is 10.5. The number of amides is 2. The number of ether oxygens (including phenoxy) is 1. The summed E-state index contributed by atoms with van der Waals surface area (Å²) in [6, 6.07) is 8.66. The van der Waals surface area contributed by atoms with Gasteiger partial charge in [-0.25, -0.2) is 4.79 Å². The van der Waals surface area contributed by atoms with E-state index in [9.17, 15) is 14.4 Å². The molecule has 7 heteroatoms. The number of benzene rings is 1. The maximum atomic E-state index is 13.3. The van der Waals surface area contributed by atoms with Crippen molar-refractivity contribution in [1.29, 1.82) is 0 Å². The largest absolute Gasteiger partial charge is 0.461 e. The summed E-state index contributed by atoms with van der Waals surface area (Å²) in [6.45, 7) is 3.83. The van der Waals surface area contributed by atoms with Crippen molar-refractivity contribution in [3.05, 3.63) is 35.9 Å². The second kappa shape index (κ2) is 12.2. The topological polar surface area (TPSA) is 87.7 Å². The van der Waals surface area contributed by atoms with Crippen molar-refractivity contribution in [3.8, 4) is 0 Å². The van der Waals surface area contributed by atoms with Crippen molar-refractivity contribution in [2.75, 3.05) is 26.7 Å². The molecule has 0 aliphatic carbocycles. The molecule has 1 heterocycles. The van der Waals surface area contributed by atoms with Crippen LogP contribution >= 0.6 is 0 Å². The summed E-state index contributed by atoms with van der Waals surface area (Å²) in [6.07, 6.45) is 3.59. The highest BCUT2D eigenvalue weighted by Crippen LogP contribution is 2.21. The van der Waals surface area contributed by atoms with Crippen LogP contribution in [0.5, 0.6) is 0 Å². The first-order chi connectivity index (χ1) is 14.1. The highest BCUT2D eigenvalue weighted by molar-refractivity contribution is 5.92. The lowest BCUT2D eigenvalue weighted by Gasteiger charge is -2.36. The van der Waals surface area contributed by atoms with Gasteiger partial charge in [0.25, 0.3) is 0 Å². The fourth-order valence-corrected chi connectivity index (χ4v) is 3.60. The predicted octanol–water partition coefficient (Wildman–Crippen LogP) is 2.50. The summed E-state index contributed by atoms with van der Waals surface area (Å²) in [5.41, 5.74) is 0.914. The summed E-state index contributed by atoms with van der Waals surface area (Å²) >= 11 is 0. The molecule has 1 aromatic rings. The van der Waals surface area contributed by atoms with Gasteiger partial charge in [-0.2, -0.15) is 0 Å². The molecule has 1 aliphatic heterocycles. The zero-order valence-electron chi connectivity index (χ0n) is 17.5. The van der Waals surface area contributed by atoms with Crippen molar-refractivity contribution in [2.45, 2.75) is 51.7 Å². The molecule has 1 aliphatic rings. The second-order valence-corrected chi connectivity index (χ2v) is 7.41. The van der Waals surface area contributed by atoms with Gasteiger partial charge in [-0.05, 0) is 12.0 Å². The number of piperazine rings is 1. The first kappa shape index (κ1) is 22.9. The predicted molar refractivity (Wildman–Crippen MR) is 111 cm³/mol. The molecule has 29 heavy (non-hydrogen) atoms. The fourth-order valence-electron chi connectivity index (χ4n) is 3.60. The van der Waals surface area contributed by atoms with Gasteiger partial charge in [0.05, 0.1) is 6.42 Å². The van der Waals surface area contributed by atoms with Gasteiger partial charge < -0.3 is 20.3 Å². The molecule has 2 amide bonds. The summed E-state index contributed by atoms with van der Waals surface area (Å²) in [5.74, 6) is -0.880. The smallest absolute Gasteiger partial charge is 0.317 e. The van der Waals surface area contributed by atoms with E-state index in [0.29, 0.717) is 26.1 Å². The van der Waals surface area contributed by atoms with Gasteiger partial charge in [0.2, 0.25) is 0 Å². The summed E-state index contributed by atoms with van der Waals surface area (Å²) < 4.78 is 5.40. The van der Waals surface area contributed by atoms with Crippen LogP contribution in [0.1, 0.15) is 44.6 Å². The number of carbonyl (C=O) groups excluding carboxylic acids is 3. The van der Waals surface area contributed by atoms with E-state index in [0.717, 1.165) is 24.8 Å². The molecular formula is C22H33N3O4. The number of carbonyl (C=O) groups is 3. The van der Waals surface area contributed by atoms with Crippen LogP contribution in [0, 0.1) is 5.92 Å². The number of rotatable bonds is 10. The molecule has 0 aromatic heterocycles. The van der Waals surface area contributed by atoms with Crippen molar-refractivity contribution < 1.29 is 19.1 Å². The molecule has 0 radical (unpaired) electrons. The molecule has 1 aromatic carbocycles. The highest BCUT2D eigenvalue weighted by atomic mass is 16.5. The Bertz CT molecular complexity index is 665. The number of Topliss-reactive ketones (excluding diaryl/α,β-unsaturated/α-hetero) is 1. The average molecular weight is 404 g/mol. The van der Waals surface area contributed by atoms with Crippen molar-refractivity contribution in [3.63, 3.8) is 0 Å². The Kier molecular flexibility index (Phi) is 9.64. The number of hydrogen-bond donors (Lipinski definition) is 2. The molecule has 1 fully saturated rings. The number of esters is 1. The Balaban J connectivity index is 2.01. The number of unbranched alkanes of at least 4 members (excludes halogenated alkanes) is 2. The van der Waals surface area contributed by atoms with Crippen LogP contribution in [0.2, 0.25) is 0 Å². The van der Waals surface area contributed by atoms with E-state index >= 15 is 0 Å². The van der Waals surface area contributed by atoms with Gasteiger partial charge in [-0.15, -0.1) is 0 Å². The van der Waals surface area contributed by atoms with Crippen LogP contribution in [-0.2, 0) is 20.9 Å². The number of nitrogens with zero attached hydrogens (tertiary/aromatic N) is 1. The minimum atomic E-state index is -0.558. The van der Waals surface area contributed by atoms with E-state index < -0.39 is 12.0 Å². The highest BCUT2D eigenvalue weighted by Gasteiger charge is 2.36. The van der Waals surface area contributed by atoms with Gasteiger partial charge in [-0.3, -0.25) is 9.59 Å². The Morgan fingerprint density at radius 1 is 1.24 bits per heavy atom. The van der Waals surface area contributed by atoms with Crippen LogP contribution in [-0.4, -0.2) is 55.4 Å². The zero-order chi connectivity index (χ0) is 21.1. The van der Waals surface area contributed by atoms with Crippen molar-refractivity contribution in [2.24, 2.45) is 5.92 Å². The van der Waals surface area contributed by atoms with Gasteiger partial charge in [0, 0.05) is 32.6 Å². The Morgan fingerprint density at radius 2 is 2.00 bits per heavy atom. The van der Waals surface area contributed by atoms with Crippen molar-refractivity contribution >= 4 is 17.8 Å². The van der Waals surface area contributed by atoms with Gasteiger partial charge in [0.1, 0.15) is 12.6 Å². The SMILES string of the molecule is CCCCC[C@H](CC(=O)OCc1ccccc1)C(=O)[C@@H]1CNCCN1C(=O)NC. The maximum absolute atomic E-state index is 13.3. The Hall–Kier alpha value is -2.41. The number of urea groups is 1. The third-order valence-corrected chi connectivity index (χ3v) is 5.26. The number of hydrogen-bond acceptors (Lipinski definition) is 5. The lowest BCUT2D eigenvalue weighted by molar-refractivity contribution is -0.148. The van der Waals surface area contributed by atoms with E-state index in [-0.39, 0.29) is 30.8 Å². The summed E-state index contributed by atoms with van der Waals surface area (Å²) in [4.78, 5) is 39.5. The number of ketones is 1. The summed E-state index contributed by atoms with van der Waals surface area (Å²) in [5, 5.41) is 5.79. The quantitative estimate of drug-likeness (QED) is 0.463. The van der Waals surface area contributed by atoms with Crippen LogP contribution in [0.15, 0.2) is 30.3 Å². The van der Waals surface area contributed by atoms with Gasteiger partial charge >= 0.3 is 12.0 Å². The third kappa shape index (κ3) is 7.16. The lowest BCUT2D eigenvalue weighted by atomic mass is 9.88. The molecule has 0 spiro atoms. The lowest BCUT2D eigenvalue weighted by Crippen LogP contribution is -2.60. The average Bonchev–Trinajstić information content (AvgIpc) is 2.76. The molecule has 7 nitrogen and oxygen atoms in total. The molecule has 0 unspecified atom stereocenters. The van der Waals surface area contributed by atoms with E-state index in [1.54, 1.807) is 11.9 Å². The van der Waals surface area contributed by atoms with Gasteiger partial charge in [0.15, 0.2) is 5.78 Å². The Morgan fingerprint density at radius 3 is 2.69 bits per heavy atom. The fraction of sp³-hybridized carbons (Fsp3) is 0.591. The second-order valence-electron chi connectivity index (χ2n) is 7.41. The maximum Gasteiger partial charge on any atom is 0.317 e. The molecule has 0 bridgehead atoms. The molecule has 2 N–H and O–H groups in total. The van der Waals surface area contributed by atoms with E-state index in [4.69, 9.17) is 4.74 Å². The minimum absolute atomic E-state index is 0.0491. The standard InChI is InChI=1S/C22H33N3O4/c1-3-4-6-11-18(14-20(26)29-16-17-9-7-5-8-10-17)21(27)19-15-24-12-13-25(19)22(28)23-2/h5,7-10,18-19,24H,3-4,6,11-16H2,1-2H3,(H,23,28)/t18-,19+/m1/s1. The van der Waals surface area contributed by atoms with Crippen LogP contribution in [0.4, 0.5) is 4.79 Å². The molecular weight excluding hydrogens is 370 g/mol. The van der Waals surface area contributed by atoms with Crippen molar-refractivity contribution in [1.82, 2.24) is 15.5 Å². The molecule has 1 saturated heterocycles. The minimum Gasteiger partial charge on any atom is -0.461 e. The zero-order valence-corrected chi connectivity index (χ0v) is 17.5. The molecule has 0 saturated carbocycles. The van der Waals surface area contributed by atoms with E-state index in [1.807, 2.05) is 30.3 Å².